The second kappa shape index (κ2) is 5.18. The Morgan fingerprint density at radius 1 is 1.32 bits per heavy atom. The van der Waals surface area contributed by atoms with Gasteiger partial charge in [-0.25, -0.2) is 10.3 Å². The van der Waals surface area contributed by atoms with Crippen LogP contribution in [-0.4, -0.2) is 11.6 Å². The van der Waals surface area contributed by atoms with Crippen LogP contribution in [0.15, 0.2) is 47.9 Å². The highest BCUT2D eigenvalue weighted by atomic mass is 16.7. The van der Waals surface area contributed by atoms with Gasteiger partial charge in [-0.1, -0.05) is 30.3 Å². The molecular formula is C15H17NO3. The highest BCUT2D eigenvalue weighted by Gasteiger charge is 2.45. The summed E-state index contributed by atoms with van der Waals surface area (Å²) in [4.78, 5) is 16.4. The van der Waals surface area contributed by atoms with Gasteiger partial charge in [-0.05, 0) is 32.4 Å². The first-order valence-electron chi connectivity index (χ1n) is 6.09. The van der Waals surface area contributed by atoms with Gasteiger partial charge in [-0.15, -0.1) is 0 Å². The van der Waals surface area contributed by atoms with E-state index in [2.05, 4.69) is 5.48 Å². The normalized spacial score (nSPS) is 18.7. The maximum atomic E-state index is 11.5. The Morgan fingerprint density at radius 3 is 2.53 bits per heavy atom. The maximum absolute atomic E-state index is 11.5. The van der Waals surface area contributed by atoms with Crippen molar-refractivity contribution in [3.05, 3.63) is 53.4 Å². The standard InChI is InChI=1S/C15H17NO3/c1-11(14-15(2,3)18-14)16-19-13(17)10-9-12-7-5-4-6-8-12/h4-10,16H,1-3H3/b10-9+,14-11-. The summed E-state index contributed by atoms with van der Waals surface area (Å²) in [6.07, 6.45) is 3.07. The van der Waals surface area contributed by atoms with E-state index in [4.69, 9.17) is 9.57 Å². The number of carbonyl (C=O) groups excluding carboxylic acids is 1. The van der Waals surface area contributed by atoms with Crippen LogP contribution in [0.5, 0.6) is 0 Å². The highest BCUT2D eigenvalue weighted by molar-refractivity contribution is 5.86. The minimum Gasteiger partial charge on any atom is -0.478 e. The first-order valence-corrected chi connectivity index (χ1v) is 6.09. The topological polar surface area (TPSA) is 50.9 Å². The van der Waals surface area contributed by atoms with Crippen molar-refractivity contribution in [2.75, 3.05) is 0 Å². The summed E-state index contributed by atoms with van der Waals surface area (Å²) in [5, 5.41) is 0. The number of ether oxygens (including phenoxy) is 1. The number of hydrogen-bond donors (Lipinski definition) is 1. The van der Waals surface area contributed by atoms with Crippen molar-refractivity contribution in [3.63, 3.8) is 0 Å². The van der Waals surface area contributed by atoms with Crippen LogP contribution >= 0.6 is 0 Å². The summed E-state index contributed by atoms with van der Waals surface area (Å²) in [6.45, 7) is 5.70. The molecule has 1 aromatic rings. The van der Waals surface area contributed by atoms with Crippen LogP contribution in [0.3, 0.4) is 0 Å². The van der Waals surface area contributed by atoms with E-state index in [0.29, 0.717) is 5.70 Å². The Morgan fingerprint density at radius 2 is 1.95 bits per heavy atom. The van der Waals surface area contributed by atoms with Gasteiger partial charge in [0.25, 0.3) is 0 Å². The molecule has 0 bridgehead atoms. The fourth-order valence-electron chi connectivity index (χ4n) is 1.69. The van der Waals surface area contributed by atoms with Crippen LogP contribution in [-0.2, 0) is 14.4 Å². The monoisotopic (exact) mass is 259 g/mol. The molecule has 4 nitrogen and oxygen atoms in total. The number of allylic oxidation sites excluding steroid dienone is 1. The molecule has 1 fully saturated rings. The van der Waals surface area contributed by atoms with Gasteiger partial charge < -0.3 is 9.57 Å². The Hall–Kier alpha value is -2.23. The van der Waals surface area contributed by atoms with Crippen molar-refractivity contribution in [2.24, 2.45) is 0 Å². The van der Waals surface area contributed by atoms with Crippen molar-refractivity contribution < 1.29 is 14.4 Å². The highest BCUT2D eigenvalue weighted by Crippen LogP contribution is 2.41. The zero-order chi connectivity index (χ0) is 13.9. The van der Waals surface area contributed by atoms with Crippen LogP contribution in [0.1, 0.15) is 26.3 Å². The Labute approximate surface area is 112 Å². The third kappa shape index (κ3) is 3.61. The molecular weight excluding hydrogens is 242 g/mol. The van der Waals surface area contributed by atoms with E-state index >= 15 is 0 Å². The minimum atomic E-state index is -0.456. The lowest BCUT2D eigenvalue weighted by atomic mass is 10.2. The third-order valence-corrected chi connectivity index (χ3v) is 2.72. The fourth-order valence-corrected chi connectivity index (χ4v) is 1.69. The van der Waals surface area contributed by atoms with E-state index < -0.39 is 5.97 Å². The van der Waals surface area contributed by atoms with E-state index in [1.807, 2.05) is 44.2 Å². The first kappa shape index (κ1) is 13.2. The quantitative estimate of drug-likeness (QED) is 0.513. The van der Waals surface area contributed by atoms with Gasteiger partial charge in [0.1, 0.15) is 0 Å². The van der Waals surface area contributed by atoms with E-state index in [1.54, 1.807) is 13.0 Å². The molecule has 100 valence electrons. The van der Waals surface area contributed by atoms with Gasteiger partial charge in [-0.2, -0.15) is 0 Å². The van der Waals surface area contributed by atoms with Crippen LogP contribution in [0.4, 0.5) is 0 Å². The largest absolute Gasteiger partial charge is 0.478 e. The van der Waals surface area contributed by atoms with Gasteiger partial charge in [0, 0.05) is 6.08 Å². The Bertz CT molecular complexity index is 530. The molecule has 0 spiro atoms. The number of carbonyl (C=O) groups is 1. The summed E-state index contributed by atoms with van der Waals surface area (Å²) in [7, 11) is 0. The summed E-state index contributed by atoms with van der Waals surface area (Å²) in [5.41, 5.74) is 4.00. The fraction of sp³-hybridized carbons (Fsp3) is 0.267. The summed E-state index contributed by atoms with van der Waals surface area (Å²) < 4.78 is 5.34. The zero-order valence-electron chi connectivity index (χ0n) is 11.3. The molecule has 1 heterocycles. The molecule has 0 atom stereocenters. The van der Waals surface area contributed by atoms with Gasteiger partial charge in [0.15, 0.2) is 11.4 Å². The number of epoxide rings is 1. The number of nitrogens with one attached hydrogen (secondary N) is 1. The van der Waals surface area contributed by atoms with Gasteiger partial charge in [-0.3, -0.25) is 0 Å². The van der Waals surface area contributed by atoms with Crippen molar-refractivity contribution in [1.29, 1.82) is 0 Å². The van der Waals surface area contributed by atoms with Crippen LogP contribution in [0, 0.1) is 0 Å². The third-order valence-electron chi connectivity index (χ3n) is 2.72. The molecule has 1 N–H and O–H groups in total. The molecule has 1 aromatic carbocycles. The van der Waals surface area contributed by atoms with Crippen molar-refractivity contribution >= 4 is 12.0 Å². The molecule has 0 saturated carbocycles. The number of hydroxylamine groups is 1. The predicted molar refractivity (Wildman–Crippen MR) is 72.6 cm³/mol. The lowest BCUT2D eigenvalue weighted by molar-refractivity contribution is -0.143. The molecule has 2 rings (SSSR count). The molecule has 0 radical (unpaired) electrons. The number of rotatable bonds is 4. The summed E-state index contributed by atoms with van der Waals surface area (Å²) >= 11 is 0. The van der Waals surface area contributed by atoms with E-state index in [1.165, 1.54) is 6.08 Å². The Kier molecular flexibility index (Phi) is 3.60. The van der Waals surface area contributed by atoms with E-state index in [9.17, 15) is 4.79 Å². The van der Waals surface area contributed by atoms with E-state index in [0.717, 1.165) is 11.3 Å². The van der Waals surface area contributed by atoms with Crippen LogP contribution in [0.25, 0.3) is 6.08 Å². The predicted octanol–water partition coefficient (Wildman–Crippen LogP) is 2.79. The summed E-state index contributed by atoms with van der Waals surface area (Å²) in [5.74, 6) is 0.356. The van der Waals surface area contributed by atoms with Gasteiger partial charge in [0.05, 0.1) is 5.70 Å². The molecule has 0 aromatic heterocycles. The van der Waals surface area contributed by atoms with Crippen molar-refractivity contribution in [2.45, 2.75) is 26.4 Å². The minimum absolute atomic E-state index is 0.247. The zero-order valence-corrected chi connectivity index (χ0v) is 11.3. The summed E-state index contributed by atoms with van der Waals surface area (Å²) in [6, 6.07) is 9.55. The lowest BCUT2D eigenvalue weighted by Crippen LogP contribution is -2.17. The molecule has 4 heteroatoms. The lowest BCUT2D eigenvalue weighted by Gasteiger charge is -2.02. The Balaban J connectivity index is 1.83. The molecule has 1 aliphatic rings. The van der Waals surface area contributed by atoms with Crippen molar-refractivity contribution in [1.82, 2.24) is 5.48 Å². The first-order chi connectivity index (χ1) is 8.99. The van der Waals surface area contributed by atoms with Gasteiger partial charge in [0.2, 0.25) is 0 Å². The molecule has 0 amide bonds. The second-order valence-corrected chi connectivity index (χ2v) is 4.83. The molecule has 1 saturated heterocycles. The average Bonchev–Trinajstić information content (AvgIpc) is 3.04. The molecule has 0 unspecified atom stereocenters. The number of hydrogen-bond acceptors (Lipinski definition) is 4. The smallest absolute Gasteiger partial charge is 0.355 e. The molecule has 19 heavy (non-hydrogen) atoms. The number of benzene rings is 1. The average molecular weight is 259 g/mol. The van der Waals surface area contributed by atoms with Crippen LogP contribution in [0.2, 0.25) is 0 Å². The second-order valence-electron chi connectivity index (χ2n) is 4.83. The van der Waals surface area contributed by atoms with Crippen molar-refractivity contribution in [3.8, 4) is 0 Å². The van der Waals surface area contributed by atoms with Crippen LogP contribution < -0.4 is 5.48 Å². The molecule has 1 aliphatic heterocycles. The van der Waals surface area contributed by atoms with Gasteiger partial charge >= 0.3 is 5.97 Å². The SMILES string of the molecule is C/C(NOC(=O)/C=C/c1ccccc1)=C1/OC1(C)C. The maximum Gasteiger partial charge on any atom is 0.355 e. The molecule has 0 aliphatic carbocycles. The van der Waals surface area contributed by atoms with E-state index in [-0.39, 0.29) is 5.60 Å².